The minimum Gasteiger partial charge on any atom is -0.467 e. The summed E-state index contributed by atoms with van der Waals surface area (Å²) in [5.41, 5.74) is 2.59. The van der Waals surface area contributed by atoms with Crippen LogP contribution >= 0.6 is 0 Å². The molecule has 27 heavy (non-hydrogen) atoms. The van der Waals surface area contributed by atoms with E-state index in [0.717, 1.165) is 44.1 Å². The van der Waals surface area contributed by atoms with E-state index in [9.17, 15) is 0 Å². The first-order valence-corrected chi connectivity index (χ1v) is 9.50. The lowest BCUT2D eigenvalue weighted by molar-refractivity contribution is 0.105. The normalized spacial score (nSPS) is 11.4. The third-order valence-electron chi connectivity index (χ3n) is 4.19. The Hall–Kier alpha value is -2.47. The predicted molar refractivity (Wildman–Crippen MR) is 111 cm³/mol. The molecule has 0 bridgehead atoms. The van der Waals surface area contributed by atoms with E-state index >= 15 is 0 Å². The maximum absolute atomic E-state index is 5.57. The predicted octanol–water partition coefficient (Wildman–Crippen LogP) is 3.05. The Labute approximate surface area is 162 Å². The van der Waals surface area contributed by atoms with Crippen LogP contribution in [0.2, 0.25) is 0 Å². The Morgan fingerprint density at radius 1 is 1.07 bits per heavy atom. The first-order valence-electron chi connectivity index (χ1n) is 9.50. The summed E-state index contributed by atoms with van der Waals surface area (Å²) in [6, 6.07) is 12.5. The summed E-state index contributed by atoms with van der Waals surface area (Å²) in [5.74, 6) is 1.70. The highest BCUT2D eigenvalue weighted by Gasteiger charge is 2.00. The average molecular weight is 373 g/mol. The highest BCUT2D eigenvalue weighted by Crippen LogP contribution is 2.13. The second-order valence-corrected chi connectivity index (χ2v) is 6.58. The third-order valence-corrected chi connectivity index (χ3v) is 4.19. The molecule has 2 rings (SSSR count). The van der Waals surface area contributed by atoms with Gasteiger partial charge in [-0.15, -0.1) is 0 Å². The van der Waals surface area contributed by atoms with Crippen LogP contribution in [0.4, 0.5) is 5.69 Å². The summed E-state index contributed by atoms with van der Waals surface area (Å²) in [4.78, 5) is 6.37. The number of nitrogens with one attached hydrogen (secondary N) is 2. The van der Waals surface area contributed by atoms with E-state index in [1.54, 1.807) is 13.3 Å². The summed E-state index contributed by atoms with van der Waals surface area (Å²) in [6.45, 7) is 2.93. The zero-order valence-corrected chi connectivity index (χ0v) is 16.7. The van der Waals surface area contributed by atoms with Crippen LogP contribution in [0.15, 0.2) is 52.1 Å². The first-order chi connectivity index (χ1) is 13.2. The Morgan fingerprint density at radius 2 is 1.81 bits per heavy atom. The largest absolute Gasteiger partial charge is 0.467 e. The lowest BCUT2D eigenvalue weighted by Gasteiger charge is -2.13. The van der Waals surface area contributed by atoms with Crippen molar-refractivity contribution in [3.05, 3.63) is 54.0 Å². The Balaban J connectivity index is 1.52. The molecule has 1 aromatic carbocycles. The van der Waals surface area contributed by atoms with Gasteiger partial charge in [0, 0.05) is 46.5 Å². The summed E-state index contributed by atoms with van der Waals surface area (Å²) in [5, 5.41) is 6.67. The molecular weight excluding hydrogens is 340 g/mol. The maximum atomic E-state index is 5.57. The molecule has 0 aliphatic carbocycles. The van der Waals surface area contributed by atoms with Crippen LogP contribution in [0, 0.1) is 0 Å². The minimum absolute atomic E-state index is 0.523. The zero-order valence-electron chi connectivity index (χ0n) is 16.7. The van der Waals surface area contributed by atoms with Gasteiger partial charge in [0.1, 0.15) is 12.4 Å². The van der Waals surface area contributed by atoms with Gasteiger partial charge in [0.05, 0.1) is 6.26 Å². The van der Waals surface area contributed by atoms with E-state index in [4.69, 9.17) is 9.15 Å². The maximum Gasteiger partial charge on any atom is 0.190 e. The van der Waals surface area contributed by atoms with Crippen LogP contribution < -0.4 is 15.5 Å². The molecule has 1 heterocycles. The van der Waals surface area contributed by atoms with Crippen molar-refractivity contribution in [2.24, 2.45) is 4.99 Å². The van der Waals surface area contributed by atoms with E-state index < -0.39 is 0 Å². The molecule has 0 saturated heterocycles. The Bertz CT molecular complexity index is 651. The Morgan fingerprint density at radius 3 is 2.44 bits per heavy atom. The zero-order chi connectivity index (χ0) is 19.3. The number of furan rings is 1. The molecule has 6 nitrogen and oxygen atoms in total. The number of guanidine groups is 1. The van der Waals surface area contributed by atoms with Crippen LogP contribution in [0.3, 0.4) is 0 Å². The highest BCUT2D eigenvalue weighted by atomic mass is 16.5. The van der Waals surface area contributed by atoms with Gasteiger partial charge in [0.2, 0.25) is 0 Å². The number of nitrogens with zero attached hydrogens (tertiary/aromatic N) is 2. The summed E-state index contributed by atoms with van der Waals surface area (Å²) < 4.78 is 10.8. The molecule has 0 saturated carbocycles. The molecule has 0 spiro atoms. The number of anilines is 1. The van der Waals surface area contributed by atoms with E-state index in [2.05, 4.69) is 58.9 Å². The molecule has 1 aromatic heterocycles. The lowest BCUT2D eigenvalue weighted by Crippen LogP contribution is -2.38. The fraction of sp³-hybridized carbons (Fsp3) is 0.476. The quantitative estimate of drug-likeness (QED) is 0.361. The van der Waals surface area contributed by atoms with Gasteiger partial charge in [0.15, 0.2) is 5.96 Å². The molecule has 0 atom stereocenters. The SMILES string of the molecule is CN=C(NCCCOCc1ccco1)NCCCc1ccc(N(C)C)cc1. The summed E-state index contributed by atoms with van der Waals surface area (Å²) in [7, 11) is 5.91. The topological polar surface area (TPSA) is 62.0 Å². The number of aliphatic imine (C=N–C) groups is 1. The molecule has 2 aromatic rings. The van der Waals surface area contributed by atoms with Gasteiger partial charge >= 0.3 is 0 Å². The molecule has 0 amide bonds. The average Bonchev–Trinajstić information content (AvgIpc) is 3.20. The van der Waals surface area contributed by atoms with E-state index in [1.165, 1.54) is 11.3 Å². The summed E-state index contributed by atoms with van der Waals surface area (Å²) in [6.07, 6.45) is 4.70. The van der Waals surface area contributed by atoms with Crippen LogP contribution in [0.25, 0.3) is 0 Å². The van der Waals surface area contributed by atoms with Gasteiger partial charge in [-0.05, 0) is 49.1 Å². The van der Waals surface area contributed by atoms with Crippen LogP contribution in [-0.2, 0) is 17.8 Å². The number of rotatable bonds is 11. The molecule has 2 N–H and O–H groups in total. The molecule has 0 radical (unpaired) electrons. The molecule has 0 aliphatic rings. The second-order valence-electron chi connectivity index (χ2n) is 6.58. The first kappa shape index (κ1) is 20.8. The van der Waals surface area contributed by atoms with Crippen molar-refractivity contribution >= 4 is 11.6 Å². The molecule has 0 fully saturated rings. The van der Waals surface area contributed by atoms with Crippen LogP contribution in [-0.4, -0.2) is 46.8 Å². The van der Waals surface area contributed by atoms with Gasteiger partial charge in [0.25, 0.3) is 0 Å². The second kappa shape index (κ2) is 12.0. The number of benzene rings is 1. The molecular formula is C21H32N4O2. The van der Waals surface area contributed by atoms with Gasteiger partial charge in [-0.1, -0.05) is 12.1 Å². The smallest absolute Gasteiger partial charge is 0.190 e. The van der Waals surface area contributed by atoms with Crippen molar-refractivity contribution in [1.82, 2.24) is 10.6 Å². The molecule has 0 unspecified atom stereocenters. The molecule has 148 valence electrons. The van der Waals surface area contributed by atoms with Crippen molar-refractivity contribution in [2.75, 3.05) is 45.7 Å². The van der Waals surface area contributed by atoms with Crippen molar-refractivity contribution < 1.29 is 9.15 Å². The molecule has 0 aliphatic heterocycles. The van der Waals surface area contributed by atoms with Crippen molar-refractivity contribution in [1.29, 1.82) is 0 Å². The molecule has 6 heteroatoms. The third kappa shape index (κ3) is 8.17. The number of hydrogen-bond donors (Lipinski definition) is 2. The standard InChI is InChI=1S/C21H32N4O2/c1-22-21(24-14-6-15-26-17-20-8-5-16-27-20)23-13-4-7-18-9-11-19(12-10-18)25(2)3/h5,8-12,16H,4,6-7,13-15,17H2,1-3H3,(H2,22,23,24). The fourth-order valence-corrected chi connectivity index (χ4v) is 2.63. The van der Waals surface area contributed by atoms with Crippen LogP contribution in [0.1, 0.15) is 24.2 Å². The summed E-state index contributed by atoms with van der Waals surface area (Å²) >= 11 is 0. The van der Waals surface area contributed by atoms with Crippen molar-refractivity contribution in [2.45, 2.75) is 25.9 Å². The minimum atomic E-state index is 0.523. The van der Waals surface area contributed by atoms with E-state index in [1.807, 2.05) is 12.1 Å². The van der Waals surface area contributed by atoms with Gasteiger partial charge in [-0.3, -0.25) is 4.99 Å². The number of hydrogen-bond acceptors (Lipinski definition) is 4. The van der Waals surface area contributed by atoms with Gasteiger partial charge in [-0.25, -0.2) is 0 Å². The van der Waals surface area contributed by atoms with Crippen molar-refractivity contribution in [3.8, 4) is 0 Å². The number of ether oxygens (including phenoxy) is 1. The van der Waals surface area contributed by atoms with E-state index in [0.29, 0.717) is 13.2 Å². The highest BCUT2D eigenvalue weighted by molar-refractivity contribution is 5.79. The van der Waals surface area contributed by atoms with Crippen LogP contribution in [0.5, 0.6) is 0 Å². The fourth-order valence-electron chi connectivity index (χ4n) is 2.63. The Kier molecular flexibility index (Phi) is 9.27. The van der Waals surface area contributed by atoms with Gasteiger partial charge < -0.3 is 24.7 Å². The van der Waals surface area contributed by atoms with Gasteiger partial charge in [-0.2, -0.15) is 0 Å². The monoisotopic (exact) mass is 372 g/mol. The number of aryl methyl sites for hydroxylation is 1. The van der Waals surface area contributed by atoms with Crippen molar-refractivity contribution in [3.63, 3.8) is 0 Å². The lowest BCUT2D eigenvalue weighted by atomic mass is 10.1. The van der Waals surface area contributed by atoms with E-state index in [-0.39, 0.29) is 0 Å².